The number of benzene rings is 2. The summed E-state index contributed by atoms with van der Waals surface area (Å²) in [7, 11) is 0. The highest BCUT2D eigenvalue weighted by Gasteiger charge is 2.59. The molecule has 3 nitrogen and oxygen atoms in total. The number of rotatable bonds is 0. The maximum absolute atomic E-state index is 13.9. The Morgan fingerprint density at radius 2 is 1.79 bits per heavy atom. The van der Waals surface area contributed by atoms with Gasteiger partial charge >= 0.3 is 12.2 Å². The van der Waals surface area contributed by atoms with E-state index in [0.29, 0.717) is 5.56 Å². The fourth-order valence-corrected chi connectivity index (χ4v) is 2.58. The number of anilines is 1. The van der Waals surface area contributed by atoms with Crippen LogP contribution in [0, 0.1) is 11.8 Å². The number of amides is 2. The smallest absolute Gasteiger partial charge is 0.310 e. The maximum Gasteiger partial charge on any atom is 0.427 e. The fourth-order valence-electron chi connectivity index (χ4n) is 2.41. The van der Waals surface area contributed by atoms with E-state index in [2.05, 4.69) is 17.2 Å². The van der Waals surface area contributed by atoms with E-state index in [0.717, 1.165) is 6.07 Å². The number of nitrogens with one attached hydrogen (secondary N) is 2. The number of hydrogen-bond donors (Lipinski definition) is 2. The zero-order valence-electron chi connectivity index (χ0n) is 12.0. The summed E-state index contributed by atoms with van der Waals surface area (Å²) in [4.78, 5) is 11.8. The third kappa shape index (κ3) is 2.79. The van der Waals surface area contributed by atoms with Crippen LogP contribution in [0.15, 0.2) is 48.5 Å². The molecule has 24 heavy (non-hydrogen) atoms. The van der Waals surface area contributed by atoms with Crippen molar-refractivity contribution < 1.29 is 18.0 Å². The lowest BCUT2D eigenvalue weighted by atomic mass is 9.86. The van der Waals surface area contributed by atoms with Gasteiger partial charge in [0.1, 0.15) is 0 Å². The lowest BCUT2D eigenvalue weighted by molar-refractivity contribution is -0.178. The van der Waals surface area contributed by atoms with Crippen molar-refractivity contribution in [2.45, 2.75) is 11.7 Å². The van der Waals surface area contributed by atoms with Gasteiger partial charge in [-0.15, -0.1) is 0 Å². The molecule has 7 heteroatoms. The number of fused-ring (bicyclic) bond motifs is 1. The third-order valence-corrected chi connectivity index (χ3v) is 3.76. The molecule has 3 rings (SSSR count). The molecule has 0 saturated carbocycles. The summed E-state index contributed by atoms with van der Waals surface area (Å²) < 4.78 is 41.7. The van der Waals surface area contributed by atoms with E-state index in [9.17, 15) is 18.0 Å². The van der Waals surface area contributed by atoms with Crippen molar-refractivity contribution in [3.63, 3.8) is 0 Å². The first-order chi connectivity index (χ1) is 11.3. The van der Waals surface area contributed by atoms with Crippen LogP contribution in [0.5, 0.6) is 0 Å². The molecule has 1 atom stereocenters. The van der Waals surface area contributed by atoms with Crippen molar-refractivity contribution >= 4 is 23.3 Å². The monoisotopic (exact) mass is 350 g/mol. The molecule has 0 bridgehead atoms. The summed E-state index contributed by atoms with van der Waals surface area (Å²) in [6.07, 6.45) is -4.84. The lowest BCUT2D eigenvalue weighted by Gasteiger charge is -2.37. The molecule has 1 unspecified atom stereocenters. The van der Waals surface area contributed by atoms with Crippen molar-refractivity contribution in [1.29, 1.82) is 0 Å². The van der Waals surface area contributed by atoms with E-state index >= 15 is 0 Å². The summed E-state index contributed by atoms with van der Waals surface area (Å²) in [6, 6.07) is 11.1. The molecule has 2 aromatic carbocycles. The first kappa shape index (κ1) is 16.2. The molecule has 1 aliphatic rings. The molecule has 0 aliphatic carbocycles. The van der Waals surface area contributed by atoms with Gasteiger partial charge in [0.25, 0.3) is 0 Å². The number of carbonyl (C=O) groups excluding carboxylic acids is 1. The SMILES string of the molecule is O=C1Nc2ccc(Cl)cc2C(C#Cc2ccccc2)(C(F)(F)F)N1. The van der Waals surface area contributed by atoms with Crippen LogP contribution in [0.3, 0.4) is 0 Å². The highest BCUT2D eigenvalue weighted by Crippen LogP contribution is 2.44. The molecule has 2 amide bonds. The Morgan fingerprint density at radius 3 is 2.46 bits per heavy atom. The minimum Gasteiger partial charge on any atom is -0.310 e. The molecule has 0 aromatic heterocycles. The van der Waals surface area contributed by atoms with Crippen LogP contribution in [0.1, 0.15) is 11.1 Å². The Labute approximate surface area is 140 Å². The largest absolute Gasteiger partial charge is 0.427 e. The van der Waals surface area contributed by atoms with Crippen molar-refractivity contribution in [2.75, 3.05) is 5.32 Å². The summed E-state index contributed by atoms with van der Waals surface area (Å²) in [5, 5.41) is 4.36. The second-order valence-corrected chi connectivity index (χ2v) is 5.57. The molecule has 1 heterocycles. The Kier molecular flexibility index (Phi) is 3.90. The van der Waals surface area contributed by atoms with Gasteiger partial charge in [-0.25, -0.2) is 4.79 Å². The van der Waals surface area contributed by atoms with Gasteiger partial charge in [-0.1, -0.05) is 41.6 Å². The van der Waals surface area contributed by atoms with Crippen LogP contribution in [0.4, 0.5) is 23.7 Å². The Morgan fingerprint density at radius 1 is 1.08 bits per heavy atom. The van der Waals surface area contributed by atoms with Gasteiger partial charge in [0.05, 0.1) is 0 Å². The molecule has 1 aliphatic heterocycles. The van der Waals surface area contributed by atoms with Crippen LogP contribution >= 0.6 is 11.6 Å². The first-order valence-electron chi connectivity index (χ1n) is 6.86. The Balaban J connectivity index is 2.23. The van der Waals surface area contributed by atoms with Crippen LogP contribution in [-0.2, 0) is 5.54 Å². The van der Waals surface area contributed by atoms with E-state index in [1.807, 2.05) is 5.32 Å². The van der Waals surface area contributed by atoms with E-state index in [4.69, 9.17) is 11.6 Å². The van der Waals surface area contributed by atoms with Crippen LogP contribution in [-0.4, -0.2) is 12.2 Å². The number of urea groups is 1. The fraction of sp³-hybridized carbons (Fsp3) is 0.118. The summed E-state index contributed by atoms with van der Waals surface area (Å²) >= 11 is 5.85. The van der Waals surface area contributed by atoms with Crippen LogP contribution < -0.4 is 10.6 Å². The molecule has 2 N–H and O–H groups in total. The average Bonchev–Trinajstić information content (AvgIpc) is 2.53. The van der Waals surface area contributed by atoms with Crippen molar-refractivity contribution in [1.82, 2.24) is 5.32 Å². The highest BCUT2D eigenvalue weighted by molar-refractivity contribution is 6.30. The summed E-state index contributed by atoms with van der Waals surface area (Å²) in [5.41, 5.74) is -2.67. The van der Waals surface area contributed by atoms with Gasteiger partial charge in [-0.05, 0) is 30.3 Å². The molecule has 0 fully saturated rings. The lowest BCUT2D eigenvalue weighted by Crippen LogP contribution is -2.59. The van der Waals surface area contributed by atoms with E-state index in [-0.39, 0.29) is 16.3 Å². The molecular weight excluding hydrogens is 341 g/mol. The molecule has 0 spiro atoms. The minimum absolute atomic E-state index is 0.0165. The quantitative estimate of drug-likeness (QED) is 0.684. The molecule has 0 radical (unpaired) electrons. The van der Waals surface area contributed by atoms with Crippen molar-refractivity contribution in [2.24, 2.45) is 0 Å². The number of halogens is 4. The standard InChI is InChI=1S/C17H10ClF3N2O/c18-12-6-7-14-13(10-12)16(17(19,20)21,23-15(24)22-14)9-8-11-4-2-1-3-5-11/h1-7,10H,(H2,22,23,24). The Bertz CT molecular complexity index is 856. The minimum atomic E-state index is -4.84. The molecule has 0 saturated heterocycles. The predicted octanol–water partition coefficient (Wildman–Crippen LogP) is 4.28. The molecule has 122 valence electrons. The van der Waals surface area contributed by atoms with E-state index in [1.165, 1.54) is 12.1 Å². The van der Waals surface area contributed by atoms with E-state index in [1.54, 1.807) is 30.3 Å². The maximum atomic E-state index is 13.9. The van der Waals surface area contributed by atoms with Gasteiger partial charge in [0.2, 0.25) is 5.54 Å². The zero-order valence-corrected chi connectivity index (χ0v) is 12.8. The average molecular weight is 351 g/mol. The second-order valence-electron chi connectivity index (χ2n) is 5.13. The van der Waals surface area contributed by atoms with Gasteiger partial charge in [0.15, 0.2) is 0 Å². The molecular formula is C17H10ClF3N2O. The Hall–Kier alpha value is -2.65. The van der Waals surface area contributed by atoms with E-state index < -0.39 is 17.7 Å². The number of hydrogen-bond acceptors (Lipinski definition) is 1. The molecule has 2 aromatic rings. The topological polar surface area (TPSA) is 41.1 Å². The highest BCUT2D eigenvalue weighted by atomic mass is 35.5. The van der Waals surface area contributed by atoms with Crippen molar-refractivity contribution in [3.05, 3.63) is 64.7 Å². The zero-order chi connectivity index (χ0) is 17.4. The van der Waals surface area contributed by atoms with Crippen LogP contribution in [0.25, 0.3) is 0 Å². The van der Waals surface area contributed by atoms with Gasteiger partial charge in [0, 0.05) is 21.8 Å². The van der Waals surface area contributed by atoms with Gasteiger partial charge < -0.3 is 10.6 Å². The summed E-state index contributed by atoms with van der Waals surface area (Å²) in [5.74, 6) is 4.69. The van der Waals surface area contributed by atoms with Crippen molar-refractivity contribution in [3.8, 4) is 11.8 Å². The third-order valence-electron chi connectivity index (χ3n) is 3.53. The van der Waals surface area contributed by atoms with Gasteiger partial charge in [-0.2, -0.15) is 13.2 Å². The summed E-state index contributed by atoms with van der Waals surface area (Å²) in [6.45, 7) is 0. The number of carbonyl (C=O) groups is 1. The normalized spacial score (nSPS) is 19.4. The second kappa shape index (κ2) is 5.77. The predicted molar refractivity (Wildman–Crippen MR) is 84.7 cm³/mol. The van der Waals surface area contributed by atoms with Crippen LogP contribution in [0.2, 0.25) is 5.02 Å². The van der Waals surface area contributed by atoms with Gasteiger partial charge in [-0.3, -0.25) is 0 Å². The first-order valence-corrected chi connectivity index (χ1v) is 7.24. The number of alkyl halides is 3.